The Kier molecular flexibility index (Phi) is 5.22. The fraction of sp³-hybridized carbons (Fsp3) is 0.583. The van der Waals surface area contributed by atoms with Gasteiger partial charge in [-0.05, 0) is 33.0 Å². The van der Waals surface area contributed by atoms with Crippen molar-refractivity contribution in [3.63, 3.8) is 0 Å². The molecule has 0 radical (unpaired) electrons. The number of aliphatic hydroxyl groups is 1. The highest BCUT2D eigenvalue weighted by Crippen LogP contribution is 2.09. The number of hydrogen-bond donors (Lipinski definition) is 2. The smallest absolute Gasteiger partial charge is 0.0639 e. The van der Waals surface area contributed by atoms with E-state index in [2.05, 4.69) is 22.1 Å². The summed E-state index contributed by atoms with van der Waals surface area (Å²) < 4.78 is 0. The third-order valence-electron chi connectivity index (χ3n) is 2.21. The molecule has 0 aliphatic carbocycles. The molecule has 0 aliphatic rings. The molecular formula is C12H21N3O. The van der Waals surface area contributed by atoms with Gasteiger partial charge in [0.15, 0.2) is 0 Å². The molecule has 0 aliphatic heterocycles. The van der Waals surface area contributed by atoms with Crippen LogP contribution in [0.1, 0.15) is 19.5 Å². The molecule has 0 saturated heterocycles. The van der Waals surface area contributed by atoms with Crippen molar-refractivity contribution in [2.75, 3.05) is 25.5 Å². The number of hydrogen-bond acceptors (Lipinski definition) is 4. The minimum absolute atomic E-state index is 0.304. The average molecular weight is 223 g/mol. The minimum atomic E-state index is -0.304. The largest absolute Gasteiger partial charge is 0.392 e. The predicted molar refractivity (Wildman–Crippen MR) is 66.4 cm³/mol. The zero-order valence-electron chi connectivity index (χ0n) is 10.3. The molecule has 1 unspecified atom stereocenters. The Morgan fingerprint density at radius 3 is 2.94 bits per heavy atom. The van der Waals surface area contributed by atoms with Crippen LogP contribution in [0.4, 0.5) is 5.69 Å². The van der Waals surface area contributed by atoms with Crippen LogP contribution >= 0.6 is 0 Å². The predicted octanol–water partition coefficient (Wildman–Crippen LogP) is 1.33. The number of nitrogens with one attached hydrogen (secondary N) is 1. The van der Waals surface area contributed by atoms with Gasteiger partial charge in [0.05, 0.1) is 11.8 Å². The topological polar surface area (TPSA) is 48.4 Å². The van der Waals surface area contributed by atoms with E-state index in [0.717, 1.165) is 24.5 Å². The van der Waals surface area contributed by atoms with Crippen molar-refractivity contribution in [3.8, 4) is 0 Å². The number of likely N-dealkylation sites (N-methyl/N-ethyl adjacent to an activating group) is 1. The first-order chi connectivity index (χ1) is 7.61. The Labute approximate surface area is 97.3 Å². The van der Waals surface area contributed by atoms with Crippen LogP contribution in [0.25, 0.3) is 0 Å². The van der Waals surface area contributed by atoms with E-state index in [1.807, 2.05) is 25.4 Å². The summed E-state index contributed by atoms with van der Waals surface area (Å²) in [4.78, 5) is 6.36. The second-order valence-electron chi connectivity index (χ2n) is 4.11. The van der Waals surface area contributed by atoms with E-state index in [9.17, 15) is 5.11 Å². The van der Waals surface area contributed by atoms with E-state index < -0.39 is 0 Å². The van der Waals surface area contributed by atoms with Crippen molar-refractivity contribution in [1.82, 2.24) is 9.88 Å². The second kappa shape index (κ2) is 6.45. The Morgan fingerprint density at radius 2 is 2.31 bits per heavy atom. The number of aliphatic hydroxyl groups excluding tert-OH is 1. The Hall–Kier alpha value is -1.13. The lowest BCUT2D eigenvalue weighted by molar-refractivity contribution is 0.138. The molecule has 1 atom stereocenters. The molecule has 16 heavy (non-hydrogen) atoms. The van der Waals surface area contributed by atoms with Crippen LogP contribution in [-0.2, 0) is 6.54 Å². The zero-order chi connectivity index (χ0) is 12.0. The number of nitrogens with zero attached hydrogens (tertiary/aromatic N) is 2. The van der Waals surface area contributed by atoms with E-state index >= 15 is 0 Å². The normalized spacial score (nSPS) is 12.8. The number of rotatable bonds is 6. The molecule has 0 saturated carbocycles. The summed E-state index contributed by atoms with van der Waals surface area (Å²) in [6.45, 7) is 6.18. The van der Waals surface area contributed by atoms with Gasteiger partial charge in [-0.15, -0.1) is 0 Å². The van der Waals surface area contributed by atoms with Gasteiger partial charge >= 0.3 is 0 Å². The van der Waals surface area contributed by atoms with E-state index in [1.165, 1.54) is 0 Å². The van der Waals surface area contributed by atoms with E-state index in [-0.39, 0.29) is 6.10 Å². The van der Waals surface area contributed by atoms with E-state index in [4.69, 9.17) is 0 Å². The van der Waals surface area contributed by atoms with Gasteiger partial charge in [0.25, 0.3) is 0 Å². The molecule has 4 nitrogen and oxygen atoms in total. The first kappa shape index (κ1) is 12.9. The van der Waals surface area contributed by atoms with Gasteiger partial charge in [-0.2, -0.15) is 0 Å². The zero-order valence-corrected chi connectivity index (χ0v) is 10.3. The molecule has 90 valence electrons. The lowest BCUT2D eigenvalue weighted by Gasteiger charge is -2.18. The highest BCUT2D eigenvalue weighted by molar-refractivity contribution is 5.42. The summed E-state index contributed by atoms with van der Waals surface area (Å²) >= 11 is 0. The van der Waals surface area contributed by atoms with Crippen LogP contribution in [-0.4, -0.2) is 41.2 Å². The van der Waals surface area contributed by atoms with Crippen LogP contribution in [0.15, 0.2) is 18.3 Å². The maximum atomic E-state index is 9.27. The van der Waals surface area contributed by atoms with E-state index in [1.54, 1.807) is 6.92 Å². The highest BCUT2D eigenvalue weighted by atomic mass is 16.3. The van der Waals surface area contributed by atoms with Gasteiger partial charge in [-0.25, -0.2) is 0 Å². The quantitative estimate of drug-likeness (QED) is 0.764. The first-order valence-corrected chi connectivity index (χ1v) is 5.67. The summed E-state index contributed by atoms with van der Waals surface area (Å²) in [5, 5.41) is 12.5. The van der Waals surface area contributed by atoms with Crippen molar-refractivity contribution in [2.24, 2.45) is 0 Å². The van der Waals surface area contributed by atoms with Crippen LogP contribution in [0.3, 0.4) is 0 Å². The third kappa shape index (κ3) is 4.59. The highest BCUT2D eigenvalue weighted by Gasteiger charge is 2.05. The molecule has 4 heteroatoms. The number of pyridine rings is 1. The van der Waals surface area contributed by atoms with Gasteiger partial charge in [0.1, 0.15) is 0 Å². The minimum Gasteiger partial charge on any atom is -0.392 e. The lowest BCUT2D eigenvalue weighted by atomic mass is 10.3. The fourth-order valence-corrected chi connectivity index (χ4v) is 1.67. The van der Waals surface area contributed by atoms with Gasteiger partial charge < -0.3 is 10.4 Å². The maximum Gasteiger partial charge on any atom is 0.0639 e. The van der Waals surface area contributed by atoms with Crippen LogP contribution < -0.4 is 5.32 Å². The maximum absolute atomic E-state index is 9.27. The molecule has 0 amide bonds. The van der Waals surface area contributed by atoms with Crippen molar-refractivity contribution < 1.29 is 5.11 Å². The number of aromatic nitrogens is 1. The fourth-order valence-electron chi connectivity index (χ4n) is 1.67. The van der Waals surface area contributed by atoms with Crippen molar-refractivity contribution >= 4 is 5.69 Å². The standard InChI is InChI=1S/C12H21N3O/c1-4-13-11-5-6-14-12(7-11)9-15(3)8-10(2)16/h5-7,10,16H,4,8-9H2,1-3H3,(H,13,14). The monoisotopic (exact) mass is 223 g/mol. The van der Waals surface area contributed by atoms with Crippen molar-refractivity contribution in [3.05, 3.63) is 24.0 Å². The Balaban J connectivity index is 2.55. The van der Waals surface area contributed by atoms with Gasteiger partial charge in [0.2, 0.25) is 0 Å². The SMILES string of the molecule is CCNc1ccnc(CN(C)CC(C)O)c1. The molecule has 0 bridgehead atoms. The van der Waals surface area contributed by atoms with Gasteiger partial charge in [0, 0.05) is 31.5 Å². The van der Waals surface area contributed by atoms with Crippen LogP contribution in [0.5, 0.6) is 0 Å². The van der Waals surface area contributed by atoms with Crippen molar-refractivity contribution in [2.45, 2.75) is 26.5 Å². The summed E-state index contributed by atoms with van der Waals surface area (Å²) in [7, 11) is 1.98. The Bertz CT molecular complexity index is 315. The average Bonchev–Trinajstić information content (AvgIpc) is 2.17. The van der Waals surface area contributed by atoms with Gasteiger partial charge in [-0.1, -0.05) is 0 Å². The summed E-state index contributed by atoms with van der Waals surface area (Å²) in [5.74, 6) is 0. The molecule has 0 fully saturated rings. The van der Waals surface area contributed by atoms with E-state index in [0.29, 0.717) is 6.54 Å². The number of anilines is 1. The molecule has 1 rings (SSSR count). The summed E-state index contributed by atoms with van der Waals surface area (Å²) in [5.41, 5.74) is 2.11. The van der Waals surface area contributed by atoms with Crippen LogP contribution in [0, 0.1) is 0 Å². The van der Waals surface area contributed by atoms with Gasteiger partial charge in [-0.3, -0.25) is 9.88 Å². The van der Waals surface area contributed by atoms with Crippen molar-refractivity contribution in [1.29, 1.82) is 0 Å². The lowest BCUT2D eigenvalue weighted by Crippen LogP contribution is -2.27. The molecule has 0 spiro atoms. The second-order valence-corrected chi connectivity index (χ2v) is 4.11. The molecule has 1 aromatic heterocycles. The van der Waals surface area contributed by atoms with Crippen LogP contribution in [0.2, 0.25) is 0 Å². The molecular weight excluding hydrogens is 202 g/mol. The summed E-state index contributed by atoms with van der Waals surface area (Å²) in [6, 6.07) is 4.00. The molecule has 0 aromatic carbocycles. The first-order valence-electron chi connectivity index (χ1n) is 5.67. The molecule has 1 aromatic rings. The Morgan fingerprint density at radius 1 is 1.56 bits per heavy atom. The third-order valence-corrected chi connectivity index (χ3v) is 2.21. The molecule has 1 heterocycles. The summed E-state index contributed by atoms with van der Waals surface area (Å²) in [6.07, 6.45) is 1.51. The molecule has 2 N–H and O–H groups in total.